The third kappa shape index (κ3) is 1.79. The van der Waals surface area contributed by atoms with Crippen LogP contribution in [0.25, 0.3) is 16.8 Å². The van der Waals surface area contributed by atoms with Gasteiger partial charge in [-0.25, -0.2) is 4.40 Å². The van der Waals surface area contributed by atoms with E-state index in [1.54, 1.807) is 11.5 Å². The molecule has 0 fully saturated rings. The molecule has 0 spiro atoms. The van der Waals surface area contributed by atoms with Crippen molar-refractivity contribution in [2.24, 2.45) is 0 Å². The highest BCUT2D eigenvalue weighted by Crippen LogP contribution is 2.20. The van der Waals surface area contributed by atoms with Crippen molar-refractivity contribution in [3.63, 3.8) is 0 Å². The molecule has 0 aliphatic rings. The maximum Gasteiger partial charge on any atom is 0.263 e. The largest absolute Gasteiger partial charge is 0.497 e. The number of rotatable bonds is 3. The summed E-state index contributed by atoms with van der Waals surface area (Å²) >= 11 is 0. The third-order valence-corrected chi connectivity index (χ3v) is 3.32. The molecule has 0 aliphatic heterocycles. The summed E-state index contributed by atoms with van der Waals surface area (Å²) in [5, 5.41) is 18.3. The van der Waals surface area contributed by atoms with Crippen molar-refractivity contribution in [3.8, 4) is 5.75 Å². The molecule has 1 aromatic carbocycles. The average molecular weight is 297 g/mol. The van der Waals surface area contributed by atoms with Gasteiger partial charge in [0.1, 0.15) is 11.1 Å². The number of hydrogen-bond acceptors (Lipinski definition) is 6. The van der Waals surface area contributed by atoms with Gasteiger partial charge in [0, 0.05) is 5.69 Å². The fourth-order valence-corrected chi connectivity index (χ4v) is 2.25. The average Bonchev–Trinajstić information content (AvgIpc) is 3.15. The zero-order chi connectivity index (χ0) is 15.1. The first-order chi connectivity index (χ1) is 10.8. The van der Waals surface area contributed by atoms with Gasteiger partial charge in [0.25, 0.3) is 5.56 Å². The molecule has 9 heteroatoms. The van der Waals surface area contributed by atoms with Gasteiger partial charge in [-0.3, -0.25) is 14.9 Å². The van der Waals surface area contributed by atoms with E-state index in [4.69, 9.17) is 4.74 Å². The normalized spacial score (nSPS) is 11.1. The van der Waals surface area contributed by atoms with Crippen molar-refractivity contribution in [2.75, 3.05) is 12.4 Å². The quantitative estimate of drug-likeness (QED) is 0.521. The van der Waals surface area contributed by atoms with Gasteiger partial charge in [-0.1, -0.05) is 0 Å². The number of methoxy groups -OCH3 is 1. The van der Waals surface area contributed by atoms with Crippen LogP contribution in [0.4, 0.5) is 11.6 Å². The van der Waals surface area contributed by atoms with E-state index in [2.05, 4.69) is 30.7 Å². The van der Waals surface area contributed by atoms with Crippen LogP contribution < -0.4 is 15.6 Å². The number of hydrogen-bond donors (Lipinski definition) is 3. The van der Waals surface area contributed by atoms with E-state index in [1.807, 2.05) is 24.3 Å². The van der Waals surface area contributed by atoms with Crippen molar-refractivity contribution < 1.29 is 4.74 Å². The minimum absolute atomic E-state index is 0.264. The molecule has 3 aromatic heterocycles. The Labute approximate surface area is 123 Å². The Morgan fingerprint density at radius 2 is 2.05 bits per heavy atom. The first-order valence-corrected chi connectivity index (χ1v) is 6.48. The number of fused-ring (bicyclic) bond motifs is 3. The van der Waals surface area contributed by atoms with Gasteiger partial charge in [-0.15, -0.1) is 10.2 Å². The Hall–Kier alpha value is -3.36. The van der Waals surface area contributed by atoms with Crippen LogP contribution in [0.1, 0.15) is 0 Å². The molecule has 0 unspecified atom stereocenters. The van der Waals surface area contributed by atoms with Crippen LogP contribution in [0.15, 0.2) is 35.3 Å². The van der Waals surface area contributed by atoms with E-state index in [0.717, 1.165) is 11.4 Å². The Kier molecular flexibility index (Phi) is 2.58. The van der Waals surface area contributed by atoms with E-state index in [1.165, 1.54) is 6.20 Å². The summed E-state index contributed by atoms with van der Waals surface area (Å²) in [4.78, 5) is 14.5. The zero-order valence-corrected chi connectivity index (χ0v) is 11.5. The SMILES string of the molecule is COc1ccc(Nc2nnc3[nH]c(=O)c4cn[nH]c4n23)cc1. The molecule has 3 heterocycles. The Balaban J connectivity index is 1.84. The molecule has 110 valence electrons. The van der Waals surface area contributed by atoms with Crippen LogP contribution in [-0.2, 0) is 0 Å². The number of aromatic nitrogens is 6. The summed E-state index contributed by atoms with van der Waals surface area (Å²) in [6.45, 7) is 0. The van der Waals surface area contributed by atoms with Gasteiger partial charge in [0.15, 0.2) is 5.65 Å². The molecular weight excluding hydrogens is 286 g/mol. The fraction of sp³-hybridized carbons (Fsp3) is 0.0769. The number of ether oxygens (including phenoxy) is 1. The number of nitrogens with one attached hydrogen (secondary N) is 3. The highest BCUT2D eigenvalue weighted by atomic mass is 16.5. The molecule has 22 heavy (non-hydrogen) atoms. The molecule has 0 atom stereocenters. The second kappa shape index (κ2) is 4.58. The molecular formula is C13H11N7O2. The van der Waals surface area contributed by atoms with Crippen molar-refractivity contribution in [3.05, 3.63) is 40.8 Å². The van der Waals surface area contributed by atoms with Crippen LogP contribution in [-0.4, -0.2) is 36.9 Å². The van der Waals surface area contributed by atoms with Gasteiger partial charge in [0.05, 0.1) is 13.3 Å². The molecule has 0 saturated carbocycles. The minimum atomic E-state index is -0.264. The topological polar surface area (TPSA) is 113 Å². The summed E-state index contributed by atoms with van der Waals surface area (Å²) < 4.78 is 6.78. The Morgan fingerprint density at radius 3 is 2.82 bits per heavy atom. The number of H-pyrrole nitrogens is 2. The van der Waals surface area contributed by atoms with Gasteiger partial charge < -0.3 is 10.1 Å². The second-order valence-corrected chi connectivity index (χ2v) is 4.62. The first kappa shape index (κ1) is 12.4. The summed E-state index contributed by atoms with van der Waals surface area (Å²) in [6, 6.07) is 7.38. The molecule has 0 aliphatic carbocycles. The van der Waals surface area contributed by atoms with E-state index in [-0.39, 0.29) is 5.56 Å². The highest BCUT2D eigenvalue weighted by molar-refractivity contribution is 5.77. The van der Waals surface area contributed by atoms with Crippen LogP contribution in [0.5, 0.6) is 5.75 Å². The number of nitrogens with zero attached hydrogens (tertiary/aromatic N) is 4. The van der Waals surface area contributed by atoms with Crippen molar-refractivity contribution in [2.45, 2.75) is 0 Å². The Morgan fingerprint density at radius 1 is 1.23 bits per heavy atom. The minimum Gasteiger partial charge on any atom is -0.497 e. The number of anilines is 2. The first-order valence-electron chi connectivity index (χ1n) is 6.48. The second-order valence-electron chi connectivity index (χ2n) is 4.62. The lowest BCUT2D eigenvalue weighted by molar-refractivity contribution is 0.415. The predicted molar refractivity (Wildman–Crippen MR) is 79.5 cm³/mol. The molecule has 0 saturated heterocycles. The van der Waals surface area contributed by atoms with E-state index < -0.39 is 0 Å². The van der Waals surface area contributed by atoms with Crippen LogP contribution in [0, 0.1) is 0 Å². The zero-order valence-electron chi connectivity index (χ0n) is 11.5. The number of benzene rings is 1. The lowest BCUT2D eigenvalue weighted by atomic mass is 10.3. The standard InChI is InChI=1S/C13H11N7O2/c1-22-8-4-2-7(3-5-8)15-12-18-19-13-16-11(21)9-6-14-17-10(9)20(12)13/h2-6H,1H3,(H,14,17)(H,15,18)(H,16,19,21). The molecule has 0 amide bonds. The molecule has 3 N–H and O–H groups in total. The third-order valence-electron chi connectivity index (χ3n) is 3.32. The smallest absolute Gasteiger partial charge is 0.263 e. The van der Waals surface area contributed by atoms with Gasteiger partial charge in [-0.2, -0.15) is 5.10 Å². The van der Waals surface area contributed by atoms with Crippen LogP contribution in [0.3, 0.4) is 0 Å². The van der Waals surface area contributed by atoms with Gasteiger partial charge in [0.2, 0.25) is 11.7 Å². The summed E-state index contributed by atoms with van der Waals surface area (Å²) in [7, 11) is 1.61. The summed E-state index contributed by atoms with van der Waals surface area (Å²) in [5.74, 6) is 1.56. The van der Waals surface area contributed by atoms with E-state index in [9.17, 15) is 4.79 Å². The lowest BCUT2D eigenvalue weighted by Crippen LogP contribution is -2.09. The maximum atomic E-state index is 11.9. The van der Waals surface area contributed by atoms with Crippen molar-refractivity contribution >= 4 is 28.4 Å². The van der Waals surface area contributed by atoms with Gasteiger partial charge >= 0.3 is 0 Å². The van der Waals surface area contributed by atoms with Crippen molar-refractivity contribution in [1.82, 2.24) is 29.8 Å². The number of aromatic amines is 2. The molecule has 9 nitrogen and oxygen atoms in total. The predicted octanol–water partition coefficient (Wildman–Crippen LogP) is 1.05. The highest BCUT2D eigenvalue weighted by Gasteiger charge is 2.13. The lowest BCUT2D eigenvalue weighted by Gasteiger charge is -2.06. The molecule has 4 rings (SSSR count). The van der Waals surface area contributed by atoms with Crippen molar-refractivity contribution in [1.29, 1.82) is 0 Å². The Bertz CT molecular complexity index is 1010. The monoisotopic (exact) mass is 297 g/mol. The van der Waals surface area contributed by atoms with Gasteiger partial charge in [-0.05, 0) is 24.3 Å². The molecule has 0 bridgehead atoms. The molecule has 0 radical (unpaired) electrons. The van der Waals surface area contributed by atoms with E-state index in [0.29, 0.717) is 22.8 Å². The summed E-state index contributed by atoms with van der Waals surface area (Å²) in [5.41, 5.74) is 1.08. The van der Waals surface area contributed by atoms with Crippen LogP contribution >= 0.6 is 0 Å². The fourth-order valence-electron chi connectivity index (χ4n) is 2.25. The van der Waals surface area contributed by atoms with E-state index >= 15 is 0 Å². The molecule has 4 aromatic rings. The van der Waals surface area contributed by atoms with Crippen LogP contribution in [0.2, 0.25) is 0 Å². The maximum absolute atomic E-state index is 11.9. The summed E-state index contributed by atoms with van der Waals surface area (Å²) in [6.07, 6.45) is 1.46.